The third-order valence-electron chi connectivity index (χ3n) is 10.8. The summed E-state index contributed by atoms with van der Waals surface area (Å²) in [6.45, 7) is 7.59. The molecule has 0 amide bonds. The van der Waals surface area contributed by atoms with Crippen LogP contribution in [0.1, 0.15) is 86.0 Å². The molecule has 2 heterocycles. The van der Waals surface area contributed by atoms with E-state index >= 15 is 0 Å². The number of sulfonamides is 2. The number of carbonyl (C=O) groups excluding carboxylic acids is 1. The van der Waals surface area contributed by atoms with Crippen molar-refractivity contribution < 1.29 is 45.7 Å². The fourth-order valence-corrected chi connectivity index (χ4v) is 11.6. The van der Waals surface area contributed by atoms with Gasteiger partial charge in [0.2, 0.25) is 20.0 Å². The maximum atomic E-state index is 12.3. The van der Waals surface area contributed by atoms with Crippen molar-refractivity contribution in [2.24, 2.45) is 0 Å². The lowest BCUT2D eigenvalue weighted by Crippen LogP contribution is -2.33. The average molecular weight is 1010 g/mol. The highest BCUT2D eigenvalue weighted by molar-refractivity contribution is 7.90. The Morgan fingerprint density at radius 3 is 1.54 bits per heavy atom. The summed E-state index contributed by atoms with van der Waals surface area (Å²) >= 11 is 2.44. The van der Waals surface area contributed by atoms with E-state index in [-0.39, 0.29) is 12.2 Å². The predicted octanol–water partition coefficient (Wildman–Crippen LogP) is 7.13. The van der Waals surface area contributed by atoms with E-state index in [1.165, 1.54) is 23.1 Å². The molecular weight excluding hydrogens is 965 g/mol. The molecule has 0 unspecified atom stereocenters. The van der Waals surface area contributed by atoms with Gasteiger partial charge in [0.25, 0.3) is 0 Å². The summed E-state index contributed by atoms with van der Waals surface area (Å²) in [5, 5.41) is 29.2. The van der Waals surface area contributed by atoms with Crippen LogP contribution in [0.5, 0.6) is 11.5 Å². The van der Waals surface area contributed by atoms with Crippen LogP contribution in [-0.4, -0.2) is 83.4 Å². The number of nitriles is 2. The number of fused-ring (bicyclic) bond motifs is 2. The molecule has 0 fully saturated rings. The van der Waals surface area contributed by atoms with E-state index in [2.05, 4.69) is 40.1 Å². The van der Waals surface area contributed by atoms with Crippen LogP contribution in [0.4, 0.5) is 0 Å². The third kappa shape index (κ3) is 12.1. The standard InChI is InChI=1S/C24H24N4O5S2.C23H22N4O5S2/c1-14(2)33-21-10-7-15(11-16(21)12-25)24-26-23(27-34-24)19-6-4-5-18-17(19)8-9-20(18)28-35(30,31)13-22(29)32-3;1-13(2)32-20-9-6-14(10-15(20)11-24)23-25-22(26-33-23)18-5-3-4-17-16(18)7-8-19(17)27-34(30,31)12-21(28)29/h4-7,10-11,14,20,28H,8-9,13H2,1-3H3;3-6,9-10,13,19,27H,7-8,12H2,1-2H3,(H,28,29)/t20-;19-/m00/s1. The number of carboxylic acid groups (broad SMARTS) is 1. The van der Waals surface area contributed by atoms with Crippen LogP contribution in [0.2, 0.25) is 0 Å². The monoisotopic (exact) mass is 1010 g/mol. The molecule has 0 saturated heterocycles. The van der Waals surface area contributed by atoms with Crippen molar-refractivity contribution in [3.63, 3.8) is 0 Å². The molecule has 2 atom stereocenters. The van der Waals surface area contributed by atoms with E-state index < -0.39 is 55.6 Å². The lowest BCUT2D eigenvalue weighted by atomic mass is 10.0. The highest BCUT2D eigenvalue weighted by Gasteiger charge is 2.32. The van der Waals surface area contributed by atoms with Crippen LogP contribution in [0.15, 0.2) is 72.8 Å². The number of nitrogens with zero attached hydrogens (tertiary/aromatic N) is 6. The van der Waals surface area contributed by atoms with Gasteiger partial charge in [-0.25, -0.2) is 36.2 Å². The molecule has 18 nitrogen and oxygen atoms in total. The van der Waals surface area contributed by atoms with E-state index in [0.29, 0.717) is 70.0 Å². The number of hydrogen-bond acceptors (Lipinski definition) is 17. The van der Waals surface area contributed by atoms with Gasteiger partial charge in [0.05, 0.1) is 30.4 Å². The number of nitrogens with one attached hydrogen (secondary N) is 2. The van der Waals surface area contributed by atoms with E-state index in [1.54, 1.807) is 24.3 Å². The van der Waals surface area contributed by atoms with Crippen LogP contribution >= 0.6 is 23.1 Å². The number of carbonyl (C=O) groups is 2. The van der Waals surface area contributed by atoms with E-state index in [0.717, 1.165) is 51.6 Å². The quantitative estimate of drug-likeness (QED) is 0.0813. The molecule has 6 aromatic rings. The van der Waals surface area contributed by atoms with Crippen molar-refractivity contribution >= 4 is 55.1 Å². The number of carboxylic acids is 1. The zero-order valence-electron chi connectivity index (χ0n) is 37.9. The van der Waals surface area contributed by atoms with Crippen molar-refractivity contribution in [3.05, 3.63) is 106 Å². The maximum absolute atomic E-state index is 12.3. The Hall–Kier alpha value is -6.66. The van der Waals surface area contributed by atoms with Crippen molar-refractivity contribution in [2.75, 3.05) is 18.6 Å². The Labute approximate surface area is 407 Å². The van der Waals surface area contributed by atoms with Gasteiger partial charge in [-0.2, -0.15) is 19.3 Å². The first-order valence-corrected chi connectivity index (χ1v) is 26.3. The second-order valence-corrected chi connectivity index (χ2v) is 21.5. The minimum absolute atomic E-state index is 0.0463. The molecule has 0 radical (unpaired) electrons. The van der Waals surface area contributed by atoms with Gasteiger partial charge in [-0.1, -0.05) is 36.4 Å². The van der Waals surface area contributed by atoms with Crippen molar-refractivity contribution in [1.29, 1.82) is 10.5 Å². The van der Waals surface area contributed by atoms with Crippen LogP contribution in [0.25, 0.3) is 43.9 Å². The van der Waals surface area contributed by atoms with E-state index in [1.807, 2.05) is 76.2 Å². The van der Waals surface area contributed by atoms with Crippen LogP contribution in [-0.2, 0) is 47.2 Å². The Morgan fingerprint density at radius 2 is 1.14 bits per heavy atom. The zero-order chi connectivity index (χ0) is 49.6. The van der Waals surface area contributed by atoms with E-state index in [9.17, 15) is 36.9 Å². The van der Waals surface area contributed by atoms with Crippen LogP contribution in [0, 0.1) is 22.7 Å². The highest BCUT2D eigenvalue weighted by atomic mass is 32.2. The first kappa shape index (κ1) is 50.2. The molecule has 0 spiro atoms. The zero-order valence-corrected chi connectivity index (χ0v) is 41.2. The normalized spacial score (nSPS) is 15.1. The Bertz CT molecular complexity index is 3230. The summed E-state index contributed by atoms with van der Waals surface area (Å²) in [6.07, 6.45) is 2.24. The van der Waals surface area contributed by atoms with Crippen LogP contribution < -0.4 is 18.9 Å². The number of benzene rings is 4. The van der Waals surface area contributed by atoms with Gasteiger partial charge in [0, 0.05) is 34.3 Å². The average Bonchev–Trinajstić information content (AvgIpc) is 4.14. The maximum Gasteiger partial charge on any atom is 0.322 e. The minimum Gasteiger partial charge on any atom is -0.490 e. The smallest absolute Gasteiger partial charge is 0.322 e. The summed E-state index contributed by atoms with van der Waals surface area (Å²) in [5.74, 6) is -1.80. The molecule has 0 aliphatic heterocycles. The Kier molecular flexibility index (Phi) is 15.5. The molecule has 0 bridgehead atoms. The first-order valence-electron chi connectivity index (χ1n) is 21.5. The second kappa shape index (κ2) is 21.3. The summed E-state index contributed by atoms with van der Waals surface area (Å²) in [7, 11) is -6.63. The van der Waals surface area contributed by atoms with Gasteiger partial charge in [-0.15, -0.1) is 0 Å². The molecular formula is C47H46N8O10S4. The summed E-state index contributed by atoms with van der Waals surface area (Å²) in [4.78, 5) is 31.6. The lowest BCUT2D eigenvalue weighted by Gasteiger charge is -2.14. The molecule has 0 saturated carbocycles. The molecule has 8 rings (SSSR count). The number of rotatable bonds is 16. The fraction of sp³-hybridized carbons (Fsp3) is 0.319. The number of ether oxygens (including phenoxy) is 3. The molecule has 3 N–H and O–H groups in total. The fourth-order valence-electron chi connectivity index (χ4n) is 7.98. The Morgan fingerprint density at radius 1 is 0.710 bits per heavy atom. The Balaban J connectivity index is 0.000000204. The summed E-state index contributed by atoms with van der Waals surface area (Å²) < 4.78 is 78.9. The first-order chi connectivity index (χ1) is 32.9. The number of aliphatic carboxylic acids is 1. The molecule has 2 aromatic heterocycles. The minimum atomic E-state index is -3.95. The second-order valence-electron chi connectivity index (χ2n) is 16.5. The molecule has 358 valence electrons. The van der Waals surface area contributed by atoms with Gasteiger partial charge in [0.1, 0.15) is 33.7 Å². The molecule has 69 heavy (non-hydrogen) atoms. The van der Waals surface area contributed by atoms with Gasteiger partial charge < -0.3 is 19.3 Å². The predicted molar refractivity (Wildman–Crippen MR) is 258 cm³/mol. The van der Waals surface area contributed by atoms with Crippen molar-refractivity contribution in [1.82, 2.24) is 28.2 Å². The van der Waals surface area contributed by atoms with Crippen LogP contribution in [0.3, 0.4) is 0 Å². The summed E-state index contributed by atoms with van der Waals surface area (Å²) in [6, 6.07) is 25.2. The number of methoxy groups -OCH3 is 1. The van der Waals surface area contributed by atoms with Gasteiger partial charge in [-0.3, -0.25) is 9.59 Å². The highest BCUT2D eigenvalue weighted by Crippen LogP contribution is 2.40. The SMILES string of the molecule is CC(C)Oc1ccc(-c2nc(-c3cccc4c3CC[C@@H]4NS(=O)(=O)CC(=O)O)ns2)cc1C#N.COC(=O)CS(=O)(=O)N[C@H]1CCc2c(-c3nsc(-c4ccc(OC(C)C)c(C#N)c4)n3)cccc21. The number of esters is 1. The lowest BCUT2D eigenvalue weighted by molar-refractivity contribution is -0.137. The largest absolute Gasteiger partial charge is 0.490 e. The molecule has 2 aliphatic carbocycles. The van der Waals surface area contributed by atoms with Crippen molar-refractivity contribution in [3.8, 4) is 67.6 Å². The summed E-state index contributed by atoms with van der Waals surface area (Å²) in [5.41, 5.74) is 7.55. The van der Waals surface area contributed by atoms with Gasteiger partial charge in [-0.05, 0) is 135 Å². The molecule has 2 aliphatic rings. The molecule has 22 heteroatoms. The van der Waals surface area contributed by atoms with Gasteiger partial charge in [0.15, 0.2) is 23.2 Å². The van der Waals surface area contributed by atoms with E-state index in [4.69, 9.17) is 19.6 Å². The molecule has 4 aromatic carbocycles. The van der Waals surface area contributed by atoms with Gasteiger partial charge >= 0.3 is 11.9 Å². The number of aromatic nitrogens is 4. The third-order valence-corrected chi connectivity index (χ3v) is 14.8. The topological polar surface area (TPSA) is 274 Å². The number of hydrogen-bond donors (Lipinski definition) is 3. The van der Waals surface area contributed by atoms with Crippen molar-refractivity contribution in [2.45, 2.75) is 77.7 Å².